The van der Waals surface area contributed by atoms with Crippen LogP contribution in [-0.2, 0) is 4.79 Å². The van der Waals surface area contributed by atoms with Crippen LogP contribution in [0.2, 0.25) is 10.0 Å². The van der Waals surface area contributed by atoms with E-state index in [1.807, 2.05) is 18.7 Å². The number of benzene rings is 2. The van der Waals surface area contributed by atoms with Gasteiger partial charge in [0.15, 0.2) is 12.4 Å². The van der Waals surface area contributed by atoms with Gasteiger partial charge in [0.2, 0.25) is 0 Å². The molecule has 0 aliphatic carbocycles. The van der Waals surface area contributed by atoms with Gasteiger partial charge in [0.25, 0.3) is 11.8 Å². The molecule has 0 fully saturated rings. The van der Waals surface area contributed by atoms with E-state index >= 15 is 0 Å². The Morgan fingerprint density at radius 3 is 2.24 bits per heavy atom. The summed E-state index contributed by atoms with van der Waals surface area (Å²) in [6, 6.07) is 10.0. The summed E-state index contributed by atoms with van der Waals surface area (Å²) in [4.78, 5) is 26.6. The molecule has 8 heteroatoms. The Morgan fingerprint density at radius 1 is 1.07 bits per heavy atom. The molecule has 2 aromatic carbocycles. The smallest absolute Gasteiger partial charge is 0.262 e. The minimum atomic E-state index is -0.347. The van der Waals surface area contributed by atoms with Gasteiger partial charge in [0, 0.05) is 29.4 Å². The predicted molar refractivity (Wildman–Crippen MR) is 121 cm³/mol. The van der Waals surface area contributed by atoms with Crippen LogP contribution < -0.4 is 10.1 Å². The standard InChI is InChI=1S/C21H23BrCl2N2O3/c1-3-9-26(10-4-2)21(28)14-5-7-16(8-6-14)25-19(27)13-29-20-17(22)11-15(23)12-18(20)24/h5-8,11-12H,3-4,9-10,13H2,1-2H3,(H,25,27). The van der Waals surface area contributed by atoms with Gasteiger partial charge in [-0.3, -0.25) is 9.59 Å². The van der Waals surface area contributed by atoms with Crippen LogP contribution in [-0.4, -0.2) is 36.4 Å². The van der Waals surface area contributed by atoms with E-state index in [2.05, 4.69) is 21.2 Å². The van der Waals surface area contributed by atoms with Gasteiger partial charge in [0.05, 0.1) is 9.50 Å². The number of halogens is 3. The van der Waals surface area contributed by atoms with Gasteiger partial charge in [0.1, 0.15) is 0 Å². The van der Waals surface area contributed by atoms with E-state index in [-0.39, 0.29) is 18.4 Å². The molecule has 0 saturated heterocycles. The summed E-state index contributed by atoms with van der Waals surface area (Å²) >= 11 is 15.3. The quantitative estimate of drug-likeness (QED) is 0.456. The summed E-state index contributed by atoms with van der Waals surface area (Å²) < 4.78 is 6.06. The lowest BCUT2D eigenvalue weighted by molar-refractivity contribution is -0.118. The van der Waals surface area contributed by atoms with Crippen molar-refractivity contribution in [1.82, 2.24) is 4.90 Å². The fourth-order valence-corrected chi connectivity index (χ4v) is 4.10. The number of anilines is 1. The zero-order valence-corrected chi connectivity index (χ0v) is 19.4. The molecule has 2 aromatic rings. The average Bonchev–Trinajstić information content (AvgIpc) is 2.67. The van der Waals surface area contributed by atoms with Gasteiger partial charge >= 0.3 is 0 Å². The lowest BCUT2D eigenvalue weighted by atomic mass is 10.1. The molecule has 1 N–H and O–H groups in total. The Morgan fingerprint density at radius 2 is 1.69 bits per heavy atom. The van der Waals surface area contributed by atoms with Crippen molar-refractivity contribution in [2.45, 2.75) is 26.7 Å². The minimum Gasteiger partial charge on any atom is -0.481 e. The second kappa shape index (κ2) is 11.4. The number of hydrogen-bond acceptors (Lipinski definition) is 3. The minimum absolute atomic E-state index is 0.00265. The molecule has 0 aliphatic heterocycles. The lowest BCUT2D eigenvalue weighted by Crippen LogP contribution is -2.32. The van der Waals surface area contributed by atoms with Crippen LogP contribution in [0.5, 0.6) is 5.75 Å². The number of nitrogens with one attached hydrogen (secondary N) is 1. The van der Waals surface area contributed by atoms with E-state index in [4.69, 9.17) is 27.9 Å². The second-order valence-corrected chi connectivity index (χ2v) is 8.10. The molecule has 0 radical (unpaired) electrons. The summed E-state index contributed by atoms with van der Waals surface area (Å²) in [7, 11) is 0. The highest BCUT2D eigenvalue weighted by atomic mass is 79.9. The third-order valence-electron chi connectivity index (χ3n) is 4.00. The van der Waals surface area contributed by atoms with E-state index in [0.717, 1.165) is 25.9 Å². The molecule has 0 spiro atoms. The molecule has 0 bridgehead atoms. The highest BCUT2D eigenvalue weighted by Crippen LogP contribution is 2.36. The molecule has 5 nitrogen and oxygen atoms in total. The highest BCUT2D eigenvalue weighted by Gasteiger charge is 2.15. The normalized spacial score (nSPS) is 10.5. The van der Waals surface area contributed by atoms with E-state index in [1.165, 1.54) is 6.07 Å². The lowest BCUT2D eigenvalue weighted by Gasteiger charge is -2.21. The Hall–Kier alpha value is -1.76. The summed E-state index contributed by atoms with van der Waals surface area (Å²) in [5, 5.41) is 3.51. The van der Waals surface area contributed by atoms with Gasteiger partial charge in [-0.05, 0) is 65.2 Å². The van der Waals surface area contributed by atoms with Crippen LogP contribution in [0, 0.1) is 0 Å². The second-order valence-electron chi connectivity index (χ2n) is 6.40. The molecule has 156 valence electrons. The number of carbonyl (C=O) groups excluding carboxylic acids is 2. The van der Waals surface area contributed by atoms with Crippen LogP contribution in [0.3, 0.4) is 0 Å². The third-order valence-corrected chi connectivity index (χ3v) is 5.09. The van der Waals surface area contributed by atoms with E-state index in [1.54, 1.807) is 30.3 Å². The monoisotopic (exact) mass is 500 g/mol. The molecule has 0 aliphatic rings. The average molecular weight is 502 g/mol. The van der Waals surface area contributed by atoms with Crippen molar-refractivity contribution < 1.29 is 14.3 Å². The summed E-state index contributed by atoms with van der Waals surface area (Å²) in [5.74, 6) is -0.00294. The first-order valence-corrected chi connectivity index (χ1v) is 10.9. The molecule has 2 amide bonds. The van der Waals surface area contributed by atoms with E-state index < -0.39 is 0 Å². The predicted octanol–water partition coefficient (Wildman–Crippen LogP) is 6.04. The van der Waals surface area contributed by atoms with Crippen molar-refractivity contribution in [3.63, 3.8) is 0 Å². The molecule has 0 aromatic heterocycles. The Balaban J connectivity index is 1.95. The van der Waals surface area contributed by atoms with Crippen LogP contribution >= 0.6 is 39.1 Å². The Labute approximate surface area is 189 Å². The third kappa shape index (κ3) is 6.91. The molecule has 29 heavy (non-hydrogen) atoms. The first-order chi connectivity index (χ1) is 13.8. The van der Waals surface area contributed by atoms with Gasteiger partial charge in [-0.2, -0.15) is 0 Å². The molecule has 0 heterocycles. The van der Waals surface area contributed by atoms with E-state index in [0.29, 0.717) is 31.5 Å². The van der Waals surface area contributed by atoms with Crippen molar-refractivity contribution >= 4 is 56.6 Å². The summed E-state index contributed by atoms with van der Waals surface area (Å²) in [6.45, 7) is 5.33. The SMILES string of the molecule is CCCN(CCC)C(=O)c1ccc(NC(=O)COc2c(Cl)cc(Cl)cc2Br)cc1. The van der Waals surface area contributed by atoms with Crippen LogP contribution in [0.15, 0.2) is 40.9 Å². The van der Waals surface area contributed by atoms with Crippen molar-refractivity contribution in [2.24, 2.45) is 0 Å². The largest absolute Gasteiger partial charge is 0.481 e. The molecular formula is C21H23BrCl2N2O3. The van der Waals surface area contributed by atoms with Crippen LogP contribution in [0.4, 0.5) is 5.69 Å². The topological polar surface area (TPSA) is 58.6 Å². The number of rotatable bonds is 9. The number of carbonyl (C=O) groups is 2. The van der Waals surface area contributed by atoms with Gasteiger partial charge in [-0.25, -0.2) is 0 Å². The van der Waals surface area contributed by atoms with Crippen LogP contribution in [0.25, 0.3) is 0 Å². The maximum absolute atomic E-state index is 12.6. The molecule has 2 rings (SSSR count). The zero-order chi connectivity index (χ0) is 21.4. The first-order valence-electron chi connectivity index (χ1n) is 9.32. The summed E-state index contributed by atoms with van der Waals surface area (Å²) in [6.07, 6.45) is 1.82. The van der Waals surface area contributed by atoms with Gasteiger partial charge in [-0.1, -0.05) is 37.0 Å². The number of hydrogen-bond donors (Lipinski definition) is 1. The van der Waals surface area contributed by atoms with Crippen molar-refractivity contribution in [1.29, 1.82) is 0 Å². The number of amides is 2. The first kappa shape index (κ1) is 23.5. The fraction of sp³-hybridized carbons (Fsp3) is 0.333. The zero-order valence-electron chi connectivity index (χ0n) is 16.3. The Bertz CT molecular complexity index is 830. The number of ether oxygens (including phenoxy) is 1. The highest BCUT2D eigenvalue weighted by molar-refractivity contribution is 9.10. The maximum atomic E-state index is 12.6. The Kier molecular flexibility index (Phi) is 9.27. The van der Waals surface area contributed by atoms with Gasteiger partial charge in [-0.15, -0.1) is 0 Å². The molecule has 0 unspecified atom stereocenters. The molecule has 0 atom stereocenters. The van der Waals surface area contributed by atoms with Gasteiger partial charge < -0.3 is 15.0 Å². The number of nitrogens with zero attached hydrogens (tertiary/aromatic N) is 1. The maximum Gasteiger partial charge on any atom is 0.262 e. The fourth-order valence-electron chi connectivity index (χ4n) is 2.74. The molecular weight excluding hydrogens is 479 g/mol. The molecule has 0 saturated carbocycles. The van der Waals surface area contributed by atoms with Crippen LogP contribution in [0.1, 0.15) is 37.0 Å². The van der Waals surface area contributed by atoms with Crippen molar-refractivity contribution in [2.75, 3.05) is 25.0 Å². The summed E-state index contributed by atoms with van der Waals surface area (Å²) in [5.41, 5.74) is 1.17. The van der Waals surface area contributed by atoms with Crippen molar-refractivity contribution in [3.05, 3.63) is 56.5 Å². The van der Waals surface area contributed by atoms with E-state index in [9.17, 15) is 9.59 Å². The van der Waals surface area contributed by atoms with Crippen molar-refractivity contribution in [3.8, 4) is 5.75 Å².